The van der Waals surface area contributed by atoms with Crippen molar-refractivity contribution in [3.05, 3.63) is 0 Å². The summed E-state index contributed by atoms with van der Waals surface area (Å²) in [6, 6.07) is 0.284. The predicted octanol–water partition coefficient (Wildman–Crippen LogP) is 0.231. The van der Waals surface area contributed by atoms with E-state index in [2.05, 4.69) is 9.98 Å². The molecule has 0 aromatic rings. The number of hydrogen-bond donors (Lipinski definition) is 2. The van der Waals surface area contributed by atoms with Crippen LogP contribution in [-0.2, 0) is 0 Å². The Bertz CT molecular complexity index is 195. The van der Waals surface area contributed by atoms with E-state index in [-0.39, 0.29) is 6.04 Å². The molecule has 0 aromatic heterocycles. The number of guanidine groups is 1. The van der Waals surface area contributed by atoms with E-state index in [0.29, 0.717) is 11.8 Å². The van der Waals surface area contributed by atoms with Gasteiger partial charge in [-0.2, -0.15) is 0 Å². The lowest BCUT2D eigenvalue weighted by atomic mass is 10.1. The van der Waals surface area contributed by atoms with E-state index in [1.807, 2.05) is 6.92 Å². The van der Waals surface area contributed by atoms with Gasteiger partial charge < -0.3 is 11.5 Å². The summed E-state index contributed by atoms with van der Waals surface area (Å²) >= 11 is 0. The summed E-state index contributed by atoms with van der Waals surface area (Å²) in [5.41, 5.74) is 11.0. The van der Waals surface area contributed by atoms with E-state index in [1.165, 1.54) is 0 Å². The summed E-state index contributed by atoms with van der Waals surface area (Å²) in [6.45, 7) is 2.03. The van der Waals surface area contributed by atoms with Crippen LogP contribution in [0.15, 0.2) is 9.98 Å². The van der Waals surface area contributed by atoms with Gasteiger partial charge in [0, 0.05) is 6.42 Å². The first-order valence-corrected chi connectivity index (χ1v) is 3.85. The summed E-state index contributed by atoms with van der Waals surface area (Å²) in [5, 5.41) is 0. The normalized spacial score (nSPS) is 26.5. The largest absolute Gasteiger partial charge is 0.387 e. The van der Waals surface area contributed by atoms with E-state index in [4.69, 9.17) is 11.5 Å². The van der Waals surface area contributed by atoms with Crippen LogP contribution in [0.1, 0.15) is 26.2 Å². The van der Waals surface area contributed by atoms with Gasteiger partial charge in [-0.15, -0.1) is 0 Å². The van der Waals surface area contributed by atoms with Gasteiger partial charge >= 0.3 is 0 Å². The summed E-state index contributed by atoms with van der Waals surface area (Å²) in [6.07, 6.45) is 2.92. The van der Waals surface area contributed by atoms with Crippen molar-refractivity contribution in [3.8, 4) is 0 Å². The third-order valence-corrected chi connectivity index (χ3v) is 1.67. The van der Waals surface area contributed by atoms with Gasteiger partial charge in [0.15, 0.2) is 0 Å². The van der Waals surface area contributed by atoms with Crippen molar-refractivity contribution in [1.82, 2.24) is 0 Å². The van der Waals surface area contributed by atoms with Crippen LogP contribution >= 0.6 is 0 Å². The first-order valence-electron chi connectivity index (χ1n) is 3.85. The molecule has 0 saturated heterocycles. The van der Waals surface area contributed by atoms with Crippen LogP contribution in [0.2, 0.25) is 0 Å². The van der Waals surface area contributed by atoms with Crippen molar-refractivity contribution in [3.63, 3.8) is 0 Å². The Morgan fingerprint density at radius 3 is 2.91 bits per heavy atom. The number of nitrogens with zero attached hydrogens (tertiary/aromatic N) is 2. The van der Waals surface area contributed by atoms with Crippen molar-refractivity contribution in [1.29, 1.82) is 0 Å². The maximum absolute atomic E-state index is 5.53. The molecule has 1 heterocycles. The lowest BCUT2D eigenvalue weighted by Gasteiger charge is -2.09. The maximum Gasteiger partial charge on any atom is 0.217 e. The lowest BCUT2D eigenvalue weighted by molar-refractivity contribution is 0.633. The van der Waals surface area contributed by atoms with E-state index in [9.17, 15) is 0 Å². The zero-order chi connectivity index (χ0) is 8.27. The van der Waals surface area contributed by atoms with Gasteiger partial charge in [-0.05, 0) is 19.8 Å². The van der Waals surface area contributed by atoms with Crippen molar-refractivity contribution in [2.75, 3.05) is 0 Å². The van der Waals surface area contributed by atoms with E-state index in [1.54, 1.807) is 0 Å². The Hall–Kier alpha value is -1.06. The van der Waals surface area contributed by atoms with Gasteiger partial charge in [-0.25, -0.2) is 9.98 Å². The van der Waals surface area contributed by atoms with Gasteiger partial charge in [0.1, 0.15) is 5.84 Å². The number of rotatable bonds is 0. The second-order valence-electron chi connectivity index (χ2n) is 2.83. The van der Waals surface area contributed by atoms with Crippen molar-refractivity contribution in [2.24, 2.45) is 21.5 Å². The smallest absolute Gasteiger partial charge is 0.217 e. The average molecular weight is 154 g/mol. The Morgan fingerprint density at radius 1 is 1.45 bits per heavy atom. The molecule has 0 aliphatic carbocycles. The van der Waals surface area contributed by atoms with Crippen molar-refractivity contribution < 1.29 is 0 Å². The molecule has 1 aliphatic heterocycles. The highest BCUT2D eigenvalue weighted by Gasteiger charge is 2.05. The Labute approximate surface area is 66.4 Å². The van der Waals surface area contributed by atoms with Crippen LogP contribution in [-0.4, -0.2) is 17.8 Å². The molecule has 1 unspecified atom stereocenters. The van der Waals surface area contributed by atoms with Crippen LogP contribution < -0.4 is 11.5 Å². The van der Waals surface area contributed by atoms with Crippen LogP contribution in [0.3, 0.4) is 0 Å². The molecule has 11 heavy (non-hydrogen) atoms. The molecule has 4 heteroatoms. The molecule has 0 amide bonds. The molecule has 0 aromatic carbocycles. The molecule has 0 spiro atoms. The van der Waals surface area contributed by atoms with Crippen LogP contribution in [0, 0.1) is 0 Å². The van der Waals surface area contributed by atoms with E-state index < -0.39 is 0 Å². The number of hydrogen-bond acceptors (Lipinski definition) is 4. The van der Waals surface area contributed by atoms with E-state index in [0.717, 1.165) is 19.3 Å². The average Bonchev–Trinajstić information content (AvgIpc) is 1.83. The van der Waals surface area contributed by atoms with Gasteiger partial charge in [0.25, 0.3) is 0 Å². The van der Waals surface area contributed by atoms with Gasteiger partial charge in [-0.3, -0.25) is 0 Å². The fraction of sp³-hybridized carbons (Fsp3) is 0.714. The molecule has 1 rings (SSSR count). The first-order chi connectivity index (χ1) is 5.18. The highest BCUT2D eigenvalue weighted by atomic mass is 15.1. The maximum atomic E-state index is 5.53. The number of amidine groups is 1. The van der Waals surface area contributed by atoms with E-state index >= 15 is 0 Å². The van der Waals surface area contributed by atoms with Gasteiger partial charge in [-0.1, -0.05) is 0 Å². The molecule has 4 N–H and O–H groups in total. The highest BCUT2D eigenvalue weighted by Crippen LogP contribution is 2.06. The second-order valence-corrected chi connectivity index (χ2v) is 2.83. The fourth-order valence-corrected chi connectivity index (χ4v) is 1.10. The highest BCUT2D eigenvalue weighted by molar-refractivity contribution is 5.94. The number of nitrogens with two attached hydrogens (primary N) is 2. The molecule has 1 aliphatic rings. The topological polar surface area (TPSA) is 76.8 Å². The Morgan fingerprint density at radius 2 is 2.18 bits per heavy atom. The third-order valence-electron chi connectivity index (χ3n) is 1.67. The lowest BCUT2D eigenvalue weighted by Crippen LogP contribution is -2.22. The summed E-state index contributed by atoms with van der Waals surface area (Å²) < 4.78 is 0. The Kier molecular flexibility index (Phi) is 2.46. The zero-order valence-corrected chi connectivity index (χ0v) is 6.75. The monoisotopic (exact) mass is 154 g/mol. The van der Waals surface area contributed by atoms with Gasteiger partial charge in [0.05, 0.1) is 6.04 Å². The summed E-state index contributed by atoms with van der Waals surface area (Å²) in [7, 11) is 0. The van der Waals surface area contributed by atoms with Crippen molar-refractivity contribution in [2.45, 2.75) is 32.2 Å². The molecule has 4 nitrogen and oxygen atoms in total. The zero-order valence-electron chi connectivity index (χ0n) is 6.75. The number of aliphatic imine (C=N–C) groups is 2. The standard InChI is InChI=1S/C7H14N4/c1-5-3-2-4-6(8)11-7(9)10-5/h5H,2-4H2,1H3,(H4,8,9,10,11). The van der Waals surface area contributed by atoms with Gasteiger partial charge in [0.2, 0.25) is 5.96 Å². The van der Waals surface area contributed by atoms with Crippen LogP contribution in [0.5, 0.6) is 0 Å². The molecule has 0 saturated carbocycles. The minimum Gasteiger partial charge on any atom is -0.387 e. The molecule has 0 bridgehead atoms. The molecular formula is C7H14N4. The molecule has 62 valence electrons. The van der Waals surface area contributed by atoms with Crippen molar-refractivity contribution >= 4 is 11.8 Å². The SMILES string of the molecule is CC1CCCC(N)=NC(N)=N1. The fourth-order valence-electron chi connectivity index (χ4n) is 1.10. The van der Waals surface area contributed by atoms with Crippen LogP contribution in [0.25, 0.3) is 0 Å². The van der Waals surface area contributed by atoms with Crippen LogP contribution in [0.4, 0.5) is 0 Å². The molecule has 0 fully saturated rings. The Balaban J connectivity index is 2.72. The minimum absolute atomic E-state index is 0.284. The third kappa shape index (κ3) is 2.57. The summed E-state index contributed by atoms with van der Waals surface area (Å²) in [4.78, 5) is 8.02. The first kappa shape index (κ1) is 8.04. The quantitative estimate of drug-likeness (QED) is 0.524. The second kappa shape index (κ2) is 3.37. The molecular weight excluding hydrogens is 140 g/mol. The summed E-state index contributed by atoms with van der Waals surface area (Å²) in [5.74, 6) is 0.910. The predicted molar refractivity (Wildman–Crippen MR) is 46.6 cm³/mol. The molecule has 1 atom stereocenters. The minimum atomic E-state index is 0.284. The molecule has 0 radical (unpaired) electrons.